The summed E-state index contributed by atoms with van der Waals surface area (Å²) in [6, 6.07) is 10.1. The lowest BCUT2D eigenvalue weighted by Crippen LogP contribution is -1.97. The molecule has 0 aromatic heterocycles. The smallest absolute Gasteiger partial charge is 0.337 e. The zero-order chi connectivity index (χ0) is 14.7. The predicted molar refractivity (Wildman–Crippen MR) is 77.0 cm³/mol. The third-order valence-electron chi connectivity index (χ3n) is 2.92. The quantitative estimate of drug-likeness (QED) is 0.933. The van der Waals surface area contributed by atoms with Gasteiger partial charge in [-0.05, 0) is 35.9 Å². The number of benzene rings is 2. The summed E-state index contributed by atoms with van der Waals surface area (Å²) in [5, 5.41) is 9.16. The minimum atomic E-state index is -1.06. The van der Waals surface area contributed by atoms with Crippen molar-refractivity contribution in [3.8, 4) is 22.6 Å². The standard InChI is InChI=1S/C15H13ClO4/c1-19-10-4-6-14(20-2)12(8-10)9-3-5-11(15(17)18)13(16)7-9/h3-8H,1-2H3,(H,17,18). The number of aromatic carboxylic acids is 1. The number of hydrogen-bond acceptors (Lipinski definition) is 3. The van der Waals surface area contributed by atoms with Crippen LogP contribution in [0.1, 0.15) is 10.4 Å². The average molecular weight is 293 g/mol. The van der Waals surface area contributed by atoms with E-state index in [4.69, 9.17) is 26.2 Å². The Balaban J connectivity index is 2.55. The Hall–Kier alpha value is -2.20. The normalized spacial score (nSPS) is 10.2. The first kappa shape index (κ1) is 14.2. The van der Waals surface area contributed by atoms with E-state index in [1.165, 1.54) is 6.07 Å². The molecule has 0 unspecified atom stereocenters. The number of hydrogen-bond donors (Lipinski definition) is 1. The van der Waals surface area contributed by atoms with Crippen LogP contribution in [-0.2, 0) is 0 Å². The van der Waals surface area contributed by atoms with Crippen LogP contribution in [0.5, 0.6) is 11.5 Å². The maximum atomic E-state index is 11.0. The molecule has 4 nitrogen and oxygen atoms in total. The van der Waals surface area contributed by atoms with Crippen molar-refractivity contribution in [1.82, 2.24) is 0 Å². The molecule has 0 aliphatic carbocycles. The summed E-state index contributed by atoms with van der Waals surface area (Å²) in [6.07, 6.45) is 0. The molecule has 2 aromatic carbocycles. The molecule has 2 aromatic rings. The second kappa shape index (κ2) is 5.84. The summed E-state index contributed by atoms with van der Waals surface area (Å²) in [5.41, 5.74) is 1.61. The van der Waals surface area contributed by atoms with Gasteiger partial charge in [0.15, 0.2) is 0 Å². The van der Waals surface area contributed by atoms with Gasteiger partial charge in [0.05, 0.1) is 24.8 Å². The van der Waals surface area contributed by atoms with E-state index >= 15 is 0 Å². The highest BCUT2D eigenvalue weighted by Crippen LogP contribution is 2.35. The van der Waals surface area contributed by atoms with Gasteiger partial charge in [-0.25, -0.2) is 4.79 Å². The minimum Gasteiger partial charge on any atom is -0.497 e. The molecule has 0 spiro atoms. The topological polar surface area (TPSA) is 55.8 Å². The van der Waals surface area contributed by atoms with Crippen molar-refractivity contribution >= 4 is 17.6 Å². The van der Waals surface area contributed by atoms with Gasteiger partial charge in [0.2, 0.25) is 0 Å². The summed E-state index contributed by atoms with van der Waals surface area (Å²) in [5.74, 6) is 0.281. The van der Waals surface area contributed by atoms with E-state index < -0.39 is 5.97 Å². The largest absolute Gasteiger partial charge is 0.497 e. The molecular formula is C15H13ClO4. The van der Waals surface area contributed by atoms with E-state index in [9.17, 15) is 4.79 Å². The summed E-state index contributed by atoms with van der Waals surface area (Å²) >= 11 is 5.99. The number of halogens is 1. The van der Waals surface area contributed by atoms with Gasteiger partial charge in [-0.3, -0.25) is 0 Å². The highest BCUT2D eigenvalue weighted by molar-refractivity contribution is 6.33. The minimum absolute atomic E-state index is 0.0669. The average Bonchev–Trinajstić information content (AvgIpc) is 2.46. The van der Waals surface area contributed by atoms with Gasteiger partial charge in [0, 0.05) is 5.56 Å². The predicted octanol–water partition coefficient (Wildman–Crippen LogP) is 3.72. The van der Waals surface area contributed by atoms with Crippen molar-refractivity contribution in [3.63, 3.8) is 0 Å². The number of rotatable bonds is 4. The van der Waals surface area contributed by atoms with Crippen molar-refractivity contribution in [2.45, 2.75) is 0 Å². The first-order chi connectivity index (χ1) is 9.56. The van der Waals surface area contributed by atoms with Gasteiger partial charge in [-0.15, -0.1) is 0 Å². The molecule has 0 radical (unpaired) electrons. The Kier molecular flexibility index (Phi) is 4.15. The Bertz CT molecular complexity index is 652. The molecule has 0 aliphatic rings. The first-order valence-electron chi connectivity index (χ1n) is 5.82. The van der Waals surface area contributed by atoms with E-state index in [0.717, 1.165) is 11.1 Å². The van der Waals surface area contributed by atoms with Crippen LogP contribution in [0.3, 0.4) is 0 Å². The van der Waals surface area contributed by atoms with Crippen LogP contribution in [0.2, 0.25) is 5.02 Å². The molecule has 0 amide bonds. The van der Waals surface area contributed by atoms with Crippen LogP contribution < -0.4 is 9.47 Å². The van der Waals surface area contributed by atoms with E-state index in [0.29, 0.717) is 11.5 Å². The van der Waals surface area contributed by atoms with Gasteiger partial charge in [-0.1, -0.05) is 17.7 Å². The van der Waals surface area contributed by atoms with Gasteiger partial charge in [0.1, 0.15) is 11.5 Å². The van der Waals surface area contributed by atoms with Crippen molar-refractivity contribution < 1.29 is 19.4 Å². The third-order valence-corrected chi connectivity index (χ3v) is 3.23. The van der Waals surface area contributed by atoms with E-state index in [1.54, 1.807) is 38.5 Å². The molecule has 0 heterocycles. The molecule has 0 aliphatic heterocycles. The molecule has 1 N–H and O–H groups in total. The van der Waals surface area contributed by atoms with Crippen LogP contribution >= 0.6 is 11.6 Å². The molecule has 0 atom stereocenters. The van der Waals surface area contributed by atoms with Crippen molar-refractivity contribution in [2.75, 3.05) is 14.2 Å². The maximum absolute atomic E-state index is 11.0. The van der Waals surface area contributed by atoms with Gasteiger partial charge in [0.25, 0.3) is 0 Å². The van der Waals surface area contributed by atoms with E-state index in [-0.39, 0.29) is 10.6 Å². The van der Waals surface area contributed by atoms with Crippen molar-refractivity contribution in [2.24, 2.45) is 0 Å². The summed E-state index contributed by atoms with van der Waals surface area (Å²) in [7, 11) is 3.14. The third kappa shape index (κ3) is 2.70. The molecular weight excluding hydrogens is 280 g/mol. The number of methoxy groups -OCH3 is 2. The summed E-state index contributed by atoms with van der Waals surface area (Å²) in [6.45, 7) is 0. The van der Waals surface area contributed by atoms with Crippen LogP contribution in [0, 0.1) is 0 Å². The van der Waals surface area contributed by atoms with Crippen LogP contribution in [0.15, 0.2) is 36.4 Å². The van der Waals surface area contributed by atoms with Crippen LogP contribution in [0.25, 0.3) is 11.1 Å². The first-order valence-corrected chi connectivity index (χ1v) is 6.20. The molecule has 104 valence electrons. The lowest BCUT2D eigenvalue weighted by atomic mass is 10.0. The SMILES string of the molecule is COc1ccc(OC)c(-c2ccc(C(=O)O)c(Cl)c2)c1. The maximum Gasteiger partial charge on any atom is 0.337 e. The number of carboxylic acids is 1. The highest BCUT2D eigenvalue weighted by atomic mass is 35.5. The Morgan fingerprint density at radius 1 is 1.10 bits per heavy atom. The number of carbonyl (C=O) groups is 1. The zero-order valence-corrected chi connectivity index (χ0v) is 11.8. The molecule has 0 saturated carbocycles. The lowest BCUT2D eigenvalue weighted by molar-refractivity contribution is 0.0697. The van der Waals surface area contributed by atoms with Gasteiger partial charge >= 0.3 is 5.97 Å². The van der Waals surface area contributed by atoms with Gasteiger partial charge < -0.3 is 14.6 Å². The van der Waals surface area contributed by atoms with Crippen molar-refractivity contribution in [3.05, 3.63) is 47.0 Å². The van der Waals surface area contributed by atoms with E-state index in [2.05, 4.69) is 0 Å². The molecule has 0 saturated heterocycles. The fraction of sp³-hybridized carbons (Fsp3) is 0.133. The van der Waals surface area contributed by atoms with Crippen LogP contribution in [-0.4, -0.2) is 25.3 Å². The molecule has 20 heavy (non-hydrogen) atoms. The fourth-order valence-corrected chi connectivity index (χ4v) is 2.16. The molecule has 5 heteroatoms. The molecule has 2 rings (SSSR count). The second-order valence-electron chi connectivity index (χ2n) is 4.07. The Morgan fingerprint density at radius 2 is 1.85 bits per heavy atom. The number of ether oxygens (including phenoxy) is 2. The zero-order valence-electron chi connectivity index (χ0n) is 11.0. The monoisotopic (exact) mass is 292 g/mol. The number of carboxylic acid groups (broad SMARTS) is 1. The molecule has 0 bridgehead atoms. The molecule has 0 fully saturated rings. The Morgan fingerprint density at radius 3 is 2.40 bits per heavy atom. The highest BCUT2D eigenvalue weighted by Gasteiger charge is 2.12. The van der Waals surface area contributed by atoms with Crippen LogP contribution in [0.4, 0.5) is 0 Å². The van der Waals surface area contributed by atoms with Gasteiger partial charge in [-0.2, -0.15) is 0 Å². The van der Waals surface area contributed by atoms with E-state index in [1.807, 2.05) is 6.07 Å². The second-order valence-corrected chi connectivity index (χ2v) is 4.47. The lowest BCUT2D eigenvalue weighted by Gasteiger charge is -2.11. The summed E-state index contributed by atoms with van der Waals surface area (Å²) < 4.78 is 10.5. The van der Waals surface area contributed by atoms with Crippen molar-refractivity contribution in [1.29, 1.82) is 0 Å². The summed E-state index contributed by atoms with van der Waals surface area (Å²) in [4.78, 5) is 11.0. The fourth-order valence-electron chi connectivity index (χ4n) is 1.90. The Labute approximate surface area is 121 Å².